The summed E-state index contributed by atoms with van der Waals surface area (Å²) in [6.07, 6.45) is 0.924. The van der Waals surface area contributed by atoms with E-state index in [1.165, 1.54) is 0 Å². The predicted octanol–water partition coefficient (Wildman–Crippen LogP) is 2.01. The number of carbonyl (C=O) groups is 2. The van der Waals surface area contributed by atoms with Gasteiger partial charge in [0.15, 0.2) is 0 Å². The number of benzene rings is 1. The van der Waals surface area contributed by atoms with Crippen molar-refractivity contribution < 1.29 is 9.59 Å². The molecule has 1 fully saturated rings. The minimum atomic E-state index is -0.353. The first kappa shape index (κ1) is 12.1. The van der Waals surface area contributed by atoms with E-state index in [1.54, 1.807) is 29.2 Å². The standard InChI is InChI=1S/C12H13BrN2O2/c13-10-6-7-15(8-10)12(17)14-11(16)9-4-2-1-3-5-9/h1-5,10H,6-8H2,(H,14,16,17). The maximum Gasteiger partial charge on any atom is 0.324 e. The maximum absolute atomic E-state index is 11.7. The number of hydrogen-bond acceptors (Lipinski definition) is 2. The molecular formula is C12H13BrN2O2. The van der Waals surface area contributed by atoms with Crippen molar-refractivity contribution in [3.8, 4) is 0 Å². The third kappa shape index (κ3) is 3.06. The number of carbonyl (C=O) groups excluding carboxylic acids is 2. The second kappa shape index (κ2) is 5.31. The number of urea groups is 1. The van der Waals surface area contributed by atoms with Gasteiger partial charge in [-0.25, -0.2) is 4.79 Å². The first-order chi connectivity index (χ1) is 8.16. The summed E-state index contributed by atoms with van der Waals surface area (Å²) in [5.74, 6) is -0.353. The van der Waals surface area contributed by atoms with Crippen LogP contribution in [0.1, 0.15) is 16.8 Å². The highest BCUT2D eigenvalue weighted by Crippen LogP contribution is 2.16. The number of likely N-dealkylation sites (tertiary alicyclic amines) is 1. The molecular weight excluding hydrogens is 284 g/mol. The Labute approximate surface area is 108 Å². The van der Waals surface area contributed by atoms with E-state index in [9.17, 15) is 9.59 Å². The highest BCUT2D eigenvalue weighted by Gasteiger charge is 2.25. The van der Waals surface area contributed by atoms with Gasteiger partial charge in [-0.05, 0) is 18.6 Å². The highest BCUT2D eigenvalue weighted by atomic mass is 79.9. The summed E-state index contributed by atoms with van der Waals surface area (Å²) in [5.41, 5.74) is 0.496. The molecule has 3 amide bonds. The summed E-state index contributed by atoms with van der Waals surface area (Å²) >= 11 is 3.45. The van der Waals surface area contributed by atoms with Crippen LogP contribution in [-0.4, -0.2) is 34.8 Å². The fourth-order valence-electron chi connectivity index (χ4n) is 1.74. The largest absolute Gasteiger partial charge is 0.324 e. The molecule has 0 aliphatic carbocycles. The zero-order chi connectivity index (χ0) is 12.3. The highest BCUT2D eigenvalue weighted by molar-refractivity contribution is 9.09. The molecule has 1 saturated heterocycles. The molecule has 1 aliphatic rings. The van der Waals surface area contributed by atoms with Crippen LogP contribution in [0.3, 0.4) is 0 Å². The monoisotopic (exact) mass is 296 g/mol. The minimum Gasteiger partial charge on any atom is -0.323 e. The van der Waals surface area contributed by atoms with Crippen LogP contribution in [0.25, 0.3) is 0 Å². The molecule has 1 atom stereocenters. The Hall–Kier alpha value is -1.36. The zero-order valence-corrected chi connectivity index (χ0v) is 10.8. The molecule has 1 aromatic rings. The summed E-state index contributed by atoms with van der Waals surface area (Å²) in [6, 6.07) is 8.41. The van der Waals surface area contributed by atoms with Gasteiger partial charge in [-0.2, -0.15) is 0 Å². The summed E-state index contributed by atoms with van der Waals surface area (Å²) in [6.45, 7) is 1.33. The molecule has 5 heteroatoms. The molecule has 0 saturated carbocycles. The maximum atomic E-state index is 11.7. The lowest BCUT2D eigenvalue weighted by Crippen LogP contribution is -2.41. The molecule has 4 nitrogen and oxygen atoms in total. The minimum absolute atomic E-state index is 0.319. The fraction of sp³-hybridized carbons (Fsp3) is 0.333. The second-order valence-corrected chi connectivity index (χ2v) is 5.25. The molecule has 0 bridgehead atoms. The number of amides is 3. The Bertz CT molecular complexity index is 422. The van der Waals surface area contributed by atoms with Crippen molar-refractivity contribution >= 4 is 27.9 Å². The summed E-state index contributed by atoms with van der Waals surface area (Å²) in [5, 5.41) is 2.39. The van der Waals surface area contributed by atoms with E-state index >= 15 is 0 Å². The molecule has 0 radical (unpaired) electrons. The number of nitrogens with zero attached hydrogens (tertiary/aromatic N) is 1. The van der Waals surface area contributed by atoms with E-state index in [1.807, 2.05) is 6.07 Å². The average molecular weight is 297 g/mol. The number of imide groups is 1. The molecule has 1 unspecified atom stereocenters. The normalized spacial score (nSPS) is 19.1. The summed E-state index contributed by atoms with van der Waals surface area (Å²) in [7, 11) is 0. The van der Waals surface area contributed by atoms with Gasteiger partial charge < -0.3 is 4.90 Å². The fourth-order valence-corrected chi connectivity index (χ4v) is 2.29. The quantitative estimate of drug-likeness (QED) is 0.806. The van der Waals surface area contributed by atoms with Crippen molar-refractivity contribution in [3.05, 3.63) is 35.9 Å². The van der Waals surface area contributed by atoms with Crippen molar-refractivity contribution in [1.29, 1.82) is 0 Å². The van der Waals surface area contributed by atoms with Crippen LogP contribution in [-0.2, 0) is 0 Å². The van der Waals surface area contributed by atoms with Crippen LogP contribution >= 0.6 is 15.9 Å². The second-order valence-electron chi connectivity index (χ2n) is 3.96. The Morgan fingerprint density at radius 3 is 2.59 bits per heavy atom. The molecule has 17 heavy (non-hydrogen) atoms. The van der Waals surface area contributed by atoms with E-state index in [0.717, 1.165) is 6.42 Å². The number of alkyl halides is 1. The first-order valence-corrected chi connectivity index (χ1v) is 6.38. The SMILES string of the molecule is O=C(NC(=O)N1CCC(Br)C1)c1ccccc1. The van der Waals surface area contributed by atoms with Gasteiger partial charge in [0.25, 0.3) is 5.91 Å². The molecule has 0 aromatic heterocycles. The van der Waals surface area contributed by atoms with Crippen LogP contribution < -0.4 is 5.32 Å². The van der Waals surface area contributed by atoms with Crippen molar-refractivity contribution in [2.75, 3.05) is 13.1 Å². The van der Waals surface area contributed by atoms with Crippen molar-refractivity contribution in [3.63, 3.8) is 0 Å². The summed E-state index contributed by atoms with van der Waals surface area (Å²) < 4.78 is 0. The van der Waals surface area contributed by atoms with Crippen LogP contribution in [0.4, 0.5) is 4.79 Å². The Kier molecular flexibility index (Phi) is 3.78. The third-order valence-corrected chi connectivity index (χ3v) is 3.42. The average Bonchev–Trinajstić information content (AvgIpc) is 2.77. The lowest BCUT2D eigenvalue weighted by atomic mass is 10.2. The topological polar surface area (TPSA) is 49.4 Å². The Morgan fingerprint density at radius 2 is 2.00 bits per heavy atom. The lowest BCUT2D eigenvalue weighted by molar-refractivity contribution is 0.0954. The van der Waals surface area contributed by atoms with Gasteiger partial charge in [-0.3, -0.25) is 10.1 Å². The molecule has 90 valence electrons. The lowest BCUT2D eigenvalue weighted by Gasteiger charge is -2.15. The van der Waals surface area contributed by atoms with Gasteiger partial charge in [0.2, 0.25) is 0 Å². The van der Waals surface area contributed by atoms with Gasteiger partial charge in [0.1, 0.15) is 0 Å². The first-order valence-electron chi connectivity index (χ1n) is 5.46. The zero-order valence-electron chi connectivity index (χ0n) is 9.23. The number of hydrogen-bond donors (Lipinski definition) is 1. The van der Waals surface area contributed by atoms with Gasteiger partial charge in [-0.1, -0.05) is 34.1 Å². The molecule has 1 aromatic carbocycles. The molecule has 1 N–H and O–H groups in total. The van der Waals surface area contributed by atoms with Gasteiger partial charge in [-0.15, -0.1) is 0 Å². The van der Waals surface area contributed by atoms with Crippen molar-refractivity contribution in [2.24, 2.45) is 0 Å². The van der Waals surface area contributed by atoms with Gasteiger partial charge in [0, 0.05) is 23.5 Å². The Balaban J connectivity index is 1.93. The van der Waals surface area contributed by atoms with Gasteiger partial charge >= 0.3 is 6.03 Å². The molecule has 0 spiro atoms. The van der Waals surface area contributed by atoms with Crippen molar-refractivity contribution in [2.45, 2.75) is 11.2 Å². The van der Waals surface area contributed by atoms with Crippen LogP contribution in [0.15, 0.2) is 30.3 Å². The van der Waals surface area contributed by atoms with E-state index in [4.69, 9.17) is 0 Å². The van der Waals surface area contributed by atoms with Crippen molar-refractivity contribution in [1.82, 2.24) is 10.2 Å². The third-order valence-electron chi connectivity index (χ3n) is 2.67. The number of halogens is 1. The van der Waals surface area contributed by atoms with E-state index in [0.29, 0.717) is 23.5 Å². The molecule has 1 aliphatic heterocycles. The Morgan fingerprint density at radius 1 is 1.29 bits per heavy atom. The molecule has 2 rings (SSSR count). The van der Waals surface area contributed by atoms with Crippen LogP contribution in [0.2, 0.25) is 0 Å². The number of nitrogens with one attached hydrogen (secondary N) is 1. The number of rotatable bonds is 1. The van der Waals surface area contributed by atoms with E-state index in [-0.39, 0.29) is 11.9 Å². The summed E-state index contributed by atoms with van der Waals surface area (Å²) in [4.78, 5) is 25.4. The van der Waals surface area contributed by atoms with E-state index < -0.39 is 0 Å². The molecule has 1 heterocycles. The van der Waals surface area contributed by atoms with E-state index in [2.05, 4.69) is 21.2 Å². The smallest absolute Gasteiger partial charge is 0.323 e. The van der Waals surface area contributed by atoms with Crippen LogP contribution in [0, 0.1) is 0 Å². The van der Waals surface area contributed by atoms with Gasteiger partial charge in [0.05, 0.1) is 0 Å². The predicted molar refractivity (Wildman–Crippen MR) is 68.2 cm³/mol. The van der Waals surface area contributed by atoms with Crippen LogP contribution in [0.5, 0.6) is 0 Å².